The third-order valence-electron chi connectivity index (χ3n) is 5.50. The van der Waals surface area contributed by atoms with Gasteiger partial charge in [0.25, 0.3) is 0 Å². The molecule has 3 rings (SSSR count). The number of carbonyl (C=O) groups excluding carboxylic acids is 2. The van der Waals surface area contributed by atoms with Crippen LogP contribution in [0.5, 0.6) is 17.2 Å². The van der Waals surface area contributed by atoms with E-state index in [1.165, 1.54) is 11.3 Å². The summed E-state index contributed by atoms with van der Waals surface area (Å²) in [5.41, 5.74) is 2.13. The summed E-state index contributed by atoms with van der Waals surface area (Å²) in [6.45, 7) is 4.14. The van der Waals surface area contributed by atoms with E-state index >= 15 is 0 Å². The number of benzene rings is 2. The highest BCUT2D eigenvalue weighted by molar-refractivity contribution is 7.17. The molecule has 1 N–H and O–H groups in total. The molecule has 0 saturated carbocycles. The lowest BCUT2D eigenvalue weighted by atomic mass is 10.0. The average molecular weight is 529 g/mol. The molecule has 0 radical (unpaired) electrons. The van der Waals surface area contributed by atoms with Gasteiger partial charge in [-0.15, -0.1) is 11.3 Å². The third-order valence-corrected chi connectivity index (χ3v) is 6.63. The number of rotatable bonds is 13. The van der Waals surface area contributed by atoms with Crippen molar-refractivity contribution in [3.05, 3.63) is 58.6 Å². The average Bonchev–Trinajstić information content (AvgIpc) is 3.35. The Kier molecular flexibility index (Phi) is 10.3. The predicted molar refractivity (Wildman–Crippen MR) is 141 cm³/mol. The summed E-state index contributed by atoms with van der Waals surface area (Å²) in [6.07, 6.45) is 0.302. The SMILES string of the molecule is CCOC(=O)c1sc(-c2ccc(OC)cc2)nc1CNC(Cc1ccc(OC)cc1OC)C(=O)OCC. The van der Waals surface area contributed by atoms with Crippen molar-refractivity contribution in [2.75, 3.05) is 34.5 Å². The zero-order valence-corrected chi connectivity index (χ0v) is 22.5. The zero-order chi connectivity index (χ0) is 26.8. The maximum Gasteiger partial charge on any atom is 0.350 e. The molecular weight excluding hydrogens is 496 g/mol. The smallest absolute Gasteiger partial charge is 0.350 e. The Morgan fingerprint density at radius 2 is 1.59 bits per heavy atom. The van der Waals surface area contributed by atoms with Gasteiger partial charge in [0.05, 0.1) is 40.2 Å². The largest absolute Gasteiger partial charge is 0.497 e. The number of nitrogens with zero attached hydrogens (tertiary/aromatic N) is 1. The van der Waals surface area contributed by atoms with E-state index in [-0.39, 0.29) is 19.8 Å². The van der Waals surface area contributed by atoms with E-state index in [9.17, 15) is 9.59 Å². The molecule has 2 aromatic carbocycles. The fourth-order valence-corrected chi connectivity index (χ4v) is 4.61. The third kappa shape index (κ3) is 7.21. The van der Waals surface area contributed by atoms with Crippen LogP contribution in [0.1, 0.15) is 34.8 Å². The first-order valence-electron chi connectivity index (χ1n) is 11.9. The fraction of sp³-hybridized carbons (Fsp3) is 0.370. The minimum absolute atomic E-state index is 0.156. The summed E-state index contributed by atoms with van der Waals surface area (Å²) in [5.74, 6) is 1.09. The van der Waals surface area contributed by atoms with E-state index in [1.807, 2.05) is 30.3 Å². The lowest BCUT2D eigenvalue weighted by Crippen LogP contribution is -2.40. The van der Waals surface area contributed by atoms with Crippen molar-refractivity contribution in [2.45, 2.75) is 32.9 Å². The standard InChI is InChI=1S/C27H32N2O7S/c1-6-35-26(30)21(14-18-10-13-20(33-4)15-23(18)34-5)28-16-22-24(27(31)36-7-2)37-25(29-22)17-8-11-19(32-3)12-9-17/h8-13,15,21,28H,6-7,14,16H2,1-5H3. The maximum absolute atomic E-state index is 12.8. The van der Waals surface area contributed by atoms with Gasteiger partial charge in [0, 0.05) is 24.6 Å². The first-order chi connectivity index (χ1) is 17.9. The van der Waals surface area contributed by atoms with Crippen LogP contribution >= 0.6 is 11.3 Å². The molecule has 9 nitrogen and oxygen atoms in total. The highest BCUT2D eigenvalue weighted by Crippen LogP contribution is 2.31. The Balaban J connectivity index is 1.88. The molecule has 10 heteroatoms. The predicted octanol–water partition coefficient (Wildman–Crippen LogP) is 4.28. The van der Waals surface area contributed by atoms with Gasteiger partial charge in [0.1, 0.15) is 33.2 Å². The van der Waals surface area contributed by atoms with Crippen LogP contribution in [-0.4, -0.2) is 57.5 Å². The molecule has 0 saturated heterocycles. The highest BCUT2D eigenvalue weighted by atomic mass is 32.1. The Bertz CT molecular complexity index is 1190. The number of thiazole rings is 1. The van der Waals surface area contributed by atoms with E-state index in [0.717, 1.165) is 16.9 Å². The molecule has 0 amide bonds. The molecule has 0 aliphatic carbocycles. The molecular formula is C27H32N2O7S. The van der Waals surface area contributed by atoms with Crippen LogP contribution in [0.4, 0.5) is 0 Å². The normalized spacial score (nSPS) is 11.5. The topological polar surface area (TPSA) is 105 Å². The number of esters is 2. The second kappa shape index (κ2) is 13.6. The van der Waals surface area contributed by atoms with Crippen LogP contribution in [0.3, 0.4) is 0 Å². The zero-order valence-electron chi connectivity index (χ0n) is 21.7. The Morgan fingerprint density at radius 3 is 2.22 bits per heavy atom. The van der Waals surface area contributed by atoms with Crippen molar-refractivity contribution in [3.63, 3.8) is 0 Å². The second-order valence-electron chi connectivity index (χ2n) is 7.81. The van der Waals surface area contributed by atoms with Gasteiger partial charge in [-0.3, -0.25) is 10.1 Å². The van der Waals surface area contributed by atoms with Gasteiger partial charge in [-0.25, -0.2) is 9.78 Å². The fourth-order valence-electron chi connectivity index (χ4n) is 3.63. The Hall–Kier alpha value is -3.63. The van der Waals surface area contributed by atoms with E-state index < -0.39 is 18.0 Å². The van der Waals surface area contributed by atoms with Crippen molar-refractivity contribution in [1.29, 1.82) is 0 Å². The highest BCUT2D eigenvalue weighted by Gasteiger charge is 2.25. The van der Waals surface area contributed by atoms with Crippen LogP contribution in [0, 0.1) is 0 Å². The minimum Gasteiger partial charge on any atom is -0.497 e. The molecule has 0 fully saturated rings. The van der Waals surface area contributed by atoms with Crippen LogP contribution < -0.4 is 19.5 Å². The van der Waals surface area contributed by atoms with Gasteiger partial charge in [-0.2, -0.15) is 0 Å². The number of aromatic nitrogens is 1. The molecule has 0 aliphatic heterocycles. The lowest BCUT2D eigenvalue weighted by molar-refractivity contribution is -0.145. The van der Waals surface area contributed by atoms with E-state index in [0.29, 0.717) is 33.5 Å². The molecule has 1 atom stereocenters. The van der Waals surface area contributed by atoms with Crippen molar-refractivity contribution in [2.24, 2.45) is 0 Å². The van der Waals surface area contributed by atoms with Crippen molar-refractivity contribution >= 4 is 23.3 Å². The quantitative estimate of drug-likeness (QED) is 0.326. The van der Waals surface area contributed by atoms with Crippen molar-refractivity contribution in [1.82, 2.24) is 10.3 Å². The number of ether oxygens (including phenoxy) is 5. The van der Waals surface area contributed by atoms with E-state index in [1.54, 1.807) is 47.3 Å². The Morgan fingerprint density at radius 1 is 0.919 bits per heavy atom. The molecule has 198 valence electrons. The van der Waals surface area contributed by atoms with Gasteiger partial charge in [-0.1, -0.05) is 6.07 Å². The summed E-state index contributed by atoms with van der Waals surface area (Å²) in [7, 11) is 4.74. The summed E-state index contributed by atoms with van der Waals surface area (Å²) in [4.78, 5) is 30.6. The summed E-state index contributed by atoms with van der Waals surface area (Å²) in [5, 5.41) is 3.88. The molecule has 0 aliphatic rings. The van der Waals surface area contributed by atoms with Crippen LogP contribution in [0.2, 0.25) is 0 Å². The summed E-state index contributed by atoms with van der Waals surface area (Å²) >= 11 is 1.24. The number of hydrogen-bond acceptors (Lipinski definition) is 10. The maximum atomic E-state index is 12.8. The molecule has 3 aromatic rings. The van der Waals surface area contributed by atoms with Gasteiger partial charge in [-0.05, 0) is 49.7 Å². The number of nitrogens with one attached hydrogen (secondary N) is 1. The lowest BCUT2D eigenvalue weighted by Gasteiger charge is -2.19. The monoisotopic (exact) mass is 528 g/mol. The molecule has 37 heavy (non-hydrogen) atoms. The van der Waals surface area contributed by atoms with Crippen molar-refractivity contribution in [3.8, 4) is 27.8 Å². The molecule has 1 aromatic heterocycles. The van der Waals surface area contributed by atoms with Gasteiger partial charge in [0.15, 0.2) is 0 Å². The van der Waals surface area contributed by atoms with Crippen LogP contribution in [-0.2, 0) is 27.2 Å². The van der Waals surface area contributed by atoms with Crippen LogP contribution in [0.25, 0.3) is 10.6 Å². The van der Waals surface area contributed by atoms with Gasteiger partial charge in [0.2, 0.25) is 0 Å². The molecule has 1 heterocycles. The summed E-state index contributed by atoms with van der Waals surface area (Å²) in [6, 6.07) is 12.1. The summed E-state index contributed by atoms with van der Waals surface area (Å²) < 4.78 is 26.6. The second-order valence-corrected chi connectivity index (χ2v) is 8.81. The number of hydrogen-bond donors (Lipinski definition) is 1. The number of carbonyl (C=O) groups is 2. The van der Waals surface area contributed by atoms with Crippen molar-refractivity contribution < 1.29 is 33.3 Å². The van der Waals surface area contributed by atoms with Gasteiger partial charge >= 0.3 is 11.9 Å². The molecule has 0 spiro atoms. The molecule has 1 unspecified atom stereocenters. The van der Waals surface area contributed by atoms with Gasteiger partial charge < -0.3 is 23.7 Å². The minimum atomic E-state index is -0.705. The first-order valence-corrected chi connectivity index (χ1v) is 12.7. The first kappa shape index (κ1) is 27.9. The Labute approximate surface area is 220 Å². The van der Waals surface area contributed by atoms with Crippen LogP contribution in [0.15, 0.2) is 42.5 Å². The number of methoxy groups -OCH3 is 3. The van der Waals surface area contributed by atoms with E-state index in [4.69, 9.17) is 28.7 Å². The van der Waals surface area contributed by atoms with E-state index in [2.05, 4.69) is 5.32 Å². The molecule has 0 bridgehead atoms.